The molecule has 0 radical (unpaired) electrons. The molecule has 1 aromatic rings. The number of imide groups is 1. The van der Waals surface area contributed by atoms with Crippen LogP contribution in [-0.4, -0.2) is 31.1 Å². The monoisotopic (exact) mass is 245 g/mol. The van der Waals surface area contributed by atoms with Crippen LogP contribution < -0.4 is 9.64 Å². The van der Waals surface area contributed by atoms with Gasteiger partial charge < -0.3 is 9.47 Å². The van der Waals surface area contributed by atoms with Crippen molar-refractivity contribution in [2.24, 2.45) is 0 Å². The topological polar surface area (TPSA) is 59.1 Å². The van der Waals surface area contributed by atoms with Crippen LogP contribution in [0.5, 0.6) is 5.75 Å². The highest BCUT2D eigenvalue weighted by molar-refractivity contribution is 6.28. The normalized spacial score (nSPS) is 21.6. The van der Waals surface area contributed by atoms with Crippen molar-refractivity contribution in [2.75, 3.05) is 18.1 Å². The van der Waals surface area contributed by atoms with E-state index in [1.54, 1.807) is 24.3 Å². The van der Waals surface area contributed by atoms with Gasteiger partial charge in [0.05, 0.1) is 12.3 Å². The lowest BCUT2D eigenvalue weighted by Crippen LogP contribution is -2.30. The summed E-state index contributed by atoms with van der Waals surface area (Å²) in [6.45, 7) is 1.13. The first-order chi connectivity index (χ1) is 8.75. The molecule has 0 saturated carbocycles. The van der Waals surface area contributed by atoms with Gasteiger partial charge >= 0.3 is 0 Å². The second-order valence-corrected chi connectivity index (χ2v) is 4.08. The Morgan fingerprint density at radius 3 is 2.56 bits per heavy atom. The predicted octanol–water partition coefficient (Wildman–Crippen LogP) is 0.894. The van der Waals surface area contributed by atoms with Crippen LogP contribution in [0.2, 0.25) is 0 Å². The standard InChI is InChI=1S/C13H11NO4/c15-12-5-6-13(16)14(12)10-3-1-2-4-11(10)18-8-9-7-17-9/h1-6,9H,7-8H2. The van der Waals surface area contributed by atoms with Crippen molar-refractivity contribution in [3.8, 4) is 5.75 Å². The summed E-state index contributed by atoms with van der Waals surface area (Å²) in [6, 6.07) is 6.97. The maximum absolute atomic E-state index is 11.6. The molecule has 1 atom stereocenters. The molecule has 18 heavy (non-hydrogen) atoms. The van der Waals surface area contributed by atoms with E-state index in [4.69, 9.17) is 9.47 Å². The summed E-state index contributed by atoms with van der Waals surface area (Å²) in [4.78, 5) is 24.4. The van der Waals surface area contributed by atoms with Crippen molar-refractivity contribution in [3.05, 3.63) is 36.4 Å². The summed E-state index contributed by atoms with van der Waals surface area (Å²) in [5.41, 5.74) is 0.471. The molecule has 1 fully saturated rings. The number of hydrogen-bond donors (Lipinski definition) is 0. The van der Waals surface area contributed by atoms with Gasteiger partial charge in [-0.3, -0.25) is 9.59 Å². The molecular weight excluding hydrogens is 234 g/mol. The van der Waals surface area contributed by atoms with Crippen molar-refractivity contribution in [3.63, 3.8) is 0 Å². The van der Waals surface area contributed by atoms with Gasteiger partial charge in [-0.15, -0.1) is 0 Å². The zero-order chi connectivity index (χ0) is 12.5. The number of hydrogen-bond acceptors (Lipinski definition) is 4. The number of carbonyl (C=O) groups excluding carboxylic acids is 2. The molecule has 2 amide bonds. The highest BCUT2D eigenvalue weighted by Gasteiger charge is 2.29. The molecule has 2 aliphatic rings. The third-order valence-corrected chi connectivity index (χ3v) is 2.74. The zero-order valence-corrected chi connectivity index (χ0v) is 9.54. The lowest BCUT2D eigenvalue weighted by molar-refractivity contribution is -0.120. The summed E-state index contributed by atoms with van der Waals surface area (Å²) in [5, 5.41) is 0. The maximum atomic E-state index is 11.6. The van der Waals surface area contributed by atoms with Crippen LogP contribution in [0.3, 0.4) is 0 Å². The number of nitrogens with zero attached hydrogens (tertiary/aromatic N) is 1. The SMILES string of the molecule is O=C1C=CC(=O)N1c1ccccc1OCC1CO1. The van der Waals surface area contributed by atoms with Gasteiger partial charge in [-0.2, -0.15) is 0 Å². The molecule has 1 saturated heterocycles. The van der Waals surface area contributed by atoms with Crippen LogP contribution in [0.25, 0.3) is 0 Å². The highest BCUT2D eigenvalue weighted by Crippen LogP contribution is 2.30. The second kappa shape index (κ2) is 4.27. The molecular formula is C13H11NO4. The van der Waals surface area contributed by atoms with Gasteiger partial charge in [0.2, 0.25) is 0 Å². The van der Waals surface area contributed by atoms with Gasteiger partial charge in [0.25, 0.3) is 11.8 Å². The fourth-order valence-corrected chi connectivity index (χ4v) is 1.75. The summed E-state index contributed by atoms with van der Waals surface area (Å²) < 4.78 is 10.6. The Bertz CT molecular complexity index is 516. The first-order valence-corrected chi connectivity index (χ1v) is 5.65. The zero-order valence-electron chi connectivity index (χ0n) is 9.54. The molecule has 0 aliphatic carbocycles. The molecule has 5 nitrogen and oxygen atoms in total. The summed E-state index contributed by atoms with van der Waals surface area (Å²) >= 11 is 0. The van der Waals surface area contributed by atoms with Crippen LogP contribution in [0, 0.1) is 0 Å². The lowest BCUT2D eigenvalue weighted by atomic mass is 10.2. The van der Waals surface area contributed by atoms with Gasteiger partial charge in [-0.05, 0) is 12.1 Å². The molecule has 92 valence electrons. The average molecular weight is 245 g/mol. The molecule has 2 heterocycles. The van der Waals surface area contributed by atoms with Gasteiger partial charge in [-0.25, -0.2) is 4.90 Å². The van der Waals surface area contributed by atoms with Crippen molar-refractivity contribution in [1.29, 1.82) is 0 Å². The fraction of sp³-hybridized carbons (Fsp3) is 0.231. The Labute approximate surface area is 104 Å². The van der Waals surface area contributed by atoms with Crippen LogP contribution in [-0.2, 0) is 14.3 Å². The van der Waals surface area contributed by atoms with E-state index in [0.29, 0.717) is 24.7 Å². The van der Waals surface area contributed by atoms with Crippen LogP contribution in [0.4, 0.5) is 5.69 Å². The third kappa shape index (κ3) is 2.00. The first kappa shape index (κ1) is 11.0. The molecule has 5 heteroatoms. The second-order valence-electron chi connectivity index (χ2n) is 4.08. The van der Waals surface area contributed by atoms with E-state index in [1.165, 1.54) is 12.2 Å². The van der Waals surface area contributed by atoms with E-state index in [0.717, 1.165) is 4.90 Å². The van der Waals surface area contributed by atoms with Crippen molar-refractivity contribution in [2.45, 2.75) is 6.10 Å². The number of benzene rings is 1. The molecule has 3 rings (SSSR count). The molecule has 1 aromatic carbocycles. The van der Waals surface area contributed by atoms with Gasteiger partial charge in [-0.1, -0.05) is 12.1 Å². The van der Waals surface area contributed by atoms with E-state index >= 15 is 0 Å². The van der Waals surface area contributed by atoms with Crippen molar-refractivity contribution in [1.82, 2.24) is 0 Å². The number of carbonyl (C=O) groups is 2. The number of anilines is 1. The van der Waals surface area contributed by atoms with E-state index in [1.807, 2.05) is 0 Å². The minimum absolute atomic E-state index is 0.126. The summed E-state index contributed by atoms with van der Waals surface area (Å²) in [6.07, 6.45) is 2.63. The van der Waals surface area contributed by atoms with E-state index in [-0.39, 0.29) is 17.9 Å². The smallest absolute Gasteiger partial charge is 0.258 e. The molecule has 0 aromatic heterocycles. The molecule has 0 spiro atoms. The van der Waals surface area contributed by atoms with Crippen molar-refractivity contribution >= 4 is 17.5 Å². The first-order valence-electron chi connectivity index (χ1n) is 5.65. The number of ether oxygens (including phenoxy) is 2. The van der Waals surface area contributed by atoms with Crippen LogP contribution in [0.15, 0.2) is 36.4 Å². The molecule has 1 unspecified atom stereocenters. The van der Waals surface area contributed by atoms with Gasteiger partial charge in [0, 0.05) is 12.2 Å². The van der Waals surface area contributed by atoms with Gasteiger partial charge in [0.1, 0.15) is 18.5 Å². The number of epoxide rings is 1. The molecule has 2 aliphatic heterocycles. The van der Waals surface area contributed by atoms with Crippen molar-refractivity contribution < 1.29 is 19.1 Å². The Morgan fingerprint density at radius 1 is 1.22 bits per heavy atom. The maximum Gasteiger partial charge on any atom is 0.258 e. The van der Waals surface area contributed by atoms with E-state index < -0.39 is 0 Å². The Kier molecular flexibility index (Phi) is 2.60. The largest absolute Gasteiger partial charge is 0.489 e. The fourth-order valence-electron chi connectivity index (χ4n) is 1.75. The minimum atomic E-state index is -0.348. The Hall–Kier alpha value is -2.14. The van der Waals surface area contributed by atoms with Crippen LogP contribution in [0.1, 0.15) is 0 Å². The highest BCUT2D eigenvalue weighted by atomic mass is 16.6. The van der Waals surface area contributed by atoms with E-state index in [2.05, 4.69) is 0 Å². The molecule has 0 bridgehead atoms. The third-order valence-electron chi connectivity index (χ3n) is 2.74. The Morgan fingerprint density at radius 2 is 1.89 bits per heavy atom. The summed E-state index contributed by atoms with van der Waals surface area (Å²) in [7, 11) is 0. The average Bonchev–Trinajstić information content (AvgIpc) is 3.14. The van der Waals surface area contributed by atoms with E-state index in [9.17, 15) is 9.59 Å². The predicted molar refractivity (Wildman–Crippen MR) is 63.3 cm³/mol. The molecule has 0 N–H and O–H groups in total. The minimum Gasteiger partial charge on any atom is -0.489 e. The number of para-hydroxylation sites is 2. The van der Waals surface area contributed by atoms with Gasteiger partial charge in [0.15, 0.2) is 0 Å². The quantitative estimate of drug-likeness (QED) is 0.584. The Balaban J connectivity index is 1.85. The van der Waals surface area contributed by atoms with Crippen LogP contribution >= 0.6 is 0 Å². The number of amides is 2. The lowest BCUT2D eigenvalue weighted by Gasteiger charge is -2.17. The summed E-state index contributed by atoms with van der Waals surface area (Å²) in [5.74, 6) is -0.184. The number of rotatable bonds is 4.